The molecule has 1 unspecified atom stereocenters. The van der Waals surface area contributed by atoms with E-state index in [4.69, 9.17) is 14.2 Å². The molecule has 0 aromatic heterocycles. The molecule has 0 amide bonds. The molecule has 23 heavy (non-hydrogen) atoms. The van der Waals surface area contributed by atoms with E-state index in [1.165, 1.54) is 11.1 Å². The Hall–Kier alpha value is -1.68. The Kier molecular flexibility index (Phi) is 4.42. The third-order valence-electron chi connectivity index (χ3n) is 4.80. The Balaban J connectivity index is 1.19. The molecule has 0 radical (unpaired) electrons. The van der Waals surface area contributed by atoms with Crippen molar-refractivity contribution in [3.63, 3.8) is 0 Å². The molecule has 1 saturated heterocycles. The molecular weight excluding hydrogens is 288 g/mol. The number of hydrogen-bond acceptors (Lipinski definition) is 3. The highest BCUT2D eigenvalue weighted by molar-refractivity contribution is 5.15. The van der Waals surface area contributed by atoms with Crippen LogP contribution in [0.4, 0.5) is 0 Å². The normalized spacial score (nSPS) is 28.0. The minimum Gasteiger partial charge on any atom is -0.376 e. The first-order chi connectivity index (χ1) is 11.4. The molecule has 120 valence electrons. The fraction of sp³-hybridized carbons (Fsp3) is 0.400. The van der Waals surface area contributed by atoms with Crippen LogP contribution in [0.3, 0.4) is 0 Å². The molecule has 2 aromatic carbocycles. The summed E-state index contributed by atoms with van der Waals surface area (Å²) in [5.41, 5.74) is 2.44. The van der Waals surface area contributed by atoms with Crippen molar-refractivity contribution in [2.75, 3.05) is 13.2 Å². The Morgan fingerprint density at radius 1 is 0.652 bits per heavy atom. The highest BCUT2D eigenvalue weighted by atomic mass is 16.6. The molecule has 3 nitrogen and oxygen atoms in total. The van der Waals surface area contributed by atoms with Gasteiger partial charge in [-0.15, -0.1) is 0 Å². The van der Waals surface area contributed by atoms with E-state index in [-0.39, 0.29) is 0 Å². The molecule has 1 saturated carbocycles. The first-order valence-corrected chi connectivity index (χ1v) is 8.30. The van der Waals surface area contributed by atoms with Crippen LogP contribution in [0.5, 0.6) is 0 Å². The third kappa shape index (κ3) is 3.47. The number of rotatable bonds is 8. The van der Waals surface area contributed by atoms with Gasteiger partial charge in [0.1, 0.15) is 0 Å². The second-order valence-corrected chi connectivity index (χ2v) is 6.39. The first kappa shape index (κ1) is 14.9. The summed E-state index contributed by atoms with van der Waals surface area (Å²) in [7, 11) is 0. The van der Waals surface area contributed by atoms with Crippen LogP contribution in [0.25, 0.3) is 0 Å². The molecule has 2 aromatic rings. The molecule has 1 aliphatic heterocycles. The lowest BCUT2D eigenvalue weighted by Crippen LogP contribution is -2.42. The van der Waals surface area contributed by atoms with E-state index in [1.807, 2.05) is 36.4 Å². The summed E-state index contributed by atoms with van der Waals surface area (Å²) in [6, 6.07) is 20.6. The lowest BCUT2D eigenvalue weighted by Gasteiger charge is -2.31. The molecule has 3 heteroatoms. The first-order valence-electron chi connectivity index (χ1n) is 8.30. The second kappa shape index (κ2) is 6.83. The summed E-state index contributed by atoms with van der Waals surface area (Å²) in [5, 5.41) is 0. The zero-order valence-corrected chi connectivity index (χ0v) is 13.1. The van der Waals surface area contributed by atoms with E-state index in [0.29, 0.717) is 37.3 Å². The molecule has 4 rings (SSSR count). The van der Waals surface area contributed by atoms with Crippen LogP contribution in [0.1, 0.15) is 11.1 Å². The van der Waals surface area contributed by atoms with Crippen molar-refractivity contribution in [2.45, 2.75) is 25.4 Å². The van der Waals surface area contributed by atoms with Gasteiger partial charge >= 0.3 is 0 Å². The van der Waals surface area contributed by atoms with Gasteiger partial charge in [-0.25, -0.2) is 0 Å². The zero-order valence-electron chi connectivity index (χ0n) is 13.1. The van der Waals surface area contributed by atoms with Gasteiger partial charge in [0.15, 0.2) is 0 Å². The second-order valence-electron chi connectivity index (χ2n) is 6.39. The molecule has 0 bridgehead atoms. The molecular formula is C20H22O3. The standard InChI is InChI=1S/C20H22O3/c1-3-7-15(8-4-1)11-21-13-17-18(20-19(17)23-20)14-22-12-16-9-5-2-6-10-16/h1-10,17-20H,11-14H2/t17-,18?,19+,20-/m1/s1. The maximum atomic E-state index is 5.88. The van der Waals surface area contributed by atoms with E-state index in [0.717, 1.165) is 13.2 Å². The largest absolute Gasteiger partial charge is 0.376 e. The Labute approximate surface area is 137 Å². The van der Waals surface area contributed by atoms with Crippen LogP contribution in [0.15, 0.2) is 60.7 Å². The molecule has 1 heterocycles. The minimum absolute atomic E-state index is 0.413. The fourth-order valence-electron chi connectivity index (χ4n) is 3.38. The molecule has 0 N–H and O–H groups in total. The van der Waals surface area contributed by atoms with Crippen LogP contribution >= 0.6 is 0 Å². The number of hydrogen-bond donors (Lipinski definition) is 0. The third-order valence-corrected chi connectivity index (χ3v) is 4.80. The topological polar surface area (TPSA) is 31.0 Å². The number of fused-ring (bicyclic) bond motifs is 1. The molecule has 4 atom stereocenters. The van der Waals surface area contributed by atoms with Gasteiger partial charge < -0.3 is 14.2 Å². The van der Waals surface area contributed by atoms with E-state index in [1.54, 1.807) is 0 Å². The minimum atomic E-state index is 0.413. The summed E-state index contributed by atoms with van der Waals surface area (Å²) >= 11 is 0. The van der Waals surface area contributed by atoms with Crippen LogP contribution < -0.4 is 0 Å². The van der Waals surface area contributed by atoms with Crippen LogP contribution in [0.2, 0.25) is 0 Å². The van der Waals surface area contributed by atoms with Crippen molar-refractivity contribution < 1.29 is 14.2 Å². The van der Waals surface area contributed by atoms with Crippen molar-refractivity contribution in [1.82, 2.24) is 0 Å². The smallest absolute Gasteiger partial charge is 0.0900 e. The SMILES string of the molecule is c1ccc(COCC2[C@@H](COCc3ccccc3)[C@@H]3O[C@H]23)cc1. The van der Waals surface area contributed by atoms with Crippen molar-refractivity contribution in [1.29, 1.82) is 0 Å². The Morgan fingerprint density at radius 3 is 1.52 bits per heavy atom. The lowest BCUT2D eigenvalue weighted by molar-refractivity contribution is -0.00269. The van der Waals surface area contributed by atoms with Gasteiger partial charge in [0.25, 0.3) is 0 Å². The van der Waals surface area contributed by atoms with Crippen molar-refractivity contribution in [3.05, 3.63) is 71.8 Å². The van der Waals surface area contributed by atoms with E-state index in [9.17, 15) is 0 Å². The number of ether oxygens (including phenoxy) is 3. The van der Waals surface area contributed by atoms with Crippen molar-refractivity contribution in [2.24, 2.45) is 11.8 Å². The molecule has 2 aliphatic rings. The van der Waals surface area contributed by atoms with Crippen LogP contribution in [0, 0.1) is 11.8 Å². The fourth-order valence-corrected chi connectivity index (χ4v) is 3.38. The van der Waals surface area contributed by atoms with E-state index in [2.05, 4.69) is 24.3 Å². The average Bonchev–Trinajstić information content (AvgIpc) is 3.32. The maximum absolute atomic E-state index is 5.88. The van der Waals surface area contributed by atoms with Gasteiger partial charge in [-0.3, -0.25) is 0 Å². The van der Waals surface area contributed by atoms with Crippen molar-refractivity contribution in [3.8, 4) is 0 Å². The monoisotopic (exact) mass is 310 g/mol. The van der Waals surface area contributed by atoms with Gasteiger partial charge in [0.2, 0.25) is 0 Å². The maximum Gasteiger partial charge on any atom is 0.0900 e. The van der Waals surface area contributed by atoms with Gasteiger partial charge in [0, 0.05) is 11.8 Å². The van der Waals surface area contributed by atoms with Crippen molar-refractivity contribution >= 4 is 0 Å². The zero-order chi connectivity index (χ0) is 15.5. The van der Waals surface area contributed by atoms with E-state index < -0.39 is 0 Å². The summed E-state index contributed by atoms with van der Waals surface area (Å²) in [6.07, 6.45) is 0.826. The van der Waals surface area contributed by atoms with Crippen LogP contribution in [-0.2, 0) is 27.4 Å². The Morgan fingerprint density at radius 2 is 1.09 bits per heavy atom. The number of benzene rings is 2. The summed E-state index contributed by atoms with van der Waals surface area (Å²) < 4.78 is 17.5. The summed E-state index contributed by atoms with van der Waals surface area (Å²) in [5.74, 6) is 0.971. The van der Waals surface area contributed by atoms with Crippen LogP contribution in [-0.4, -0.2) is 25.4 Å². The quantitative estimate of drug-likeness (QED) is 0.700. The Bertz CT molecular complexity index is 558. The number of epoxide rings is 1. The van der Waals surface area contributed by atoms with E-state index >= 15 is 0 Å². The lowest BCUT2D eigenvalue weighted by atomic mass is 9.74. The predicted octanol–water partition coefficient (Wildman–Crippen LogP) is 3.43. The van der Waals surface area contributed by atoms with Gasteiger partial charge in [-0.2, -0.15) is 0 Å². The van der Waals surface area contributed by atoms with Gasteiger partial charge in [-0.1, -0.05) is 60.7 Å². The average molecular weight is 310 g/mol. The predicted molar refractivity (Wildman–Crippen MR) is 87.8 cm³/mol. The summed E-state index contributed by atoms with van der Waals surface area (Å²) in [4.78, 5) is 0. The molecule has 0 spiro atoms. The highest BCUT2D eigenvalue weighted by Gasteiger charge is 2.63. The summed E-state index contributed by atoms with van der Waals surface area (Å²) in [6.45, 7) is 2.86. The highest BCUT2D eigenvalue weighted by Crippen LogP contribution is 2.52. The van der Waals surface area contributed by atoms with Gasteiger partial charge in [0.05, 0.1) is 38.6 Å². The van der Waals surface area contributed by atoms with Gasteiger partial charge in [-0.05, 0) is 11.1 Å². The molecule has 2 fully saturated rings. The molecule has 1 aliphatic carbocycles.